The van der Waals surface area contributed by atoms with Gasteiger partial charge in [0, 0.05) is 0 Å². The molecule has 0 aliphatic rings. The van der Waals surface area contributed by atoms with E-state index in [9.17, 15) is 20.1 Å². The van der Waals surface area contributed by atoms with Gasteiger partial charge in [-0.25, -0.2) is 0 Å². The predicted octanol–water partition coefficient (Wildman–Crippen LogP) is 16.6. The van der Waals surface area contributed by atoms with E-state index >= 15 is 0 Å². The Hall–Kier alpha value is -0.650. The van der Waals surface area contributed by atoms with Crippen molar-refractivity contribution in [1.29, 1.82) is 0 Å². The van der Waals surface area contributed by atoms with Gasteiger partial charge in [0.1, 0.15) is 0 Å². The van der Waals surface area contributed by atoms with Crippen LogP contribution in [0.2, 0.25) is 0 Å². The van der Waals surface area contributed by atoms with Crippen LogP contribution in [0, 0.1) is 0 Å². The van der Waals surface area contributed by atoms with E-state index in [-0.39, 0.29) is 18.9 Å². The summed E-state index contributed by atoms with van der Waals surface area (Å²) in [4.78, 5) is 12.5. The molecule has 5 nitrogen and oxygen atoms in total. The van der Waals surface area contributed by atoms with Crippen LogP contribution in [0.4, 0.5) is 0 Å². The summed E-state index contributed by atoms with van der Waals surface area (Å²) in [6.45, 7) is 4.31. The SMILES string of the molecule is CCCCCCCCCCCCCCCCCCCCCCCCCCCC(O)C(CO)NC(=O)CC(O)CCCCCCCCCCCCCCCCCCCCC. The monoisotopic (exact) mass is 836 g/mol. The van der Waals surface area contributed by atoms with E-state index in [2.05, 4.69) is 19.2 Å². The Morgan fingerprint density at radius 1 is 0.356 bits per heavy atom. The number of hydrogen-bond donors (Lipinski definition) is 4. The predicted molar refractivity (Wildman–Crippen MR) is 259 cm³/mol. The second kappa shape index (κ2) is 50.0. The highest BCUT2D eigenvalue weighted by atomic mass is 16.3. The van der Waals surface area contributed by atoms with Crippen molar-refractivity contribution < 1.29 is 20.1 Å². The molecule has 0 bridgehead atoms. The van der Waals surface area contributed by atoms with Crippen molar-refractivity contribution in [3.05, 3.63) is 0 Å². The molecule has 0 saturated carbocycles. The highest BCUT2D eigenvalue weighted by Gasteiger charge is 2.21. The van der Waals surface area contributed by atoms with Gasteiger partial charge in [-0.15, -0.1) is 0 Å². The van der Waals surface area contributed by atoms with Gasteiger partial charge >= 0.3 is 0 Å². The van der Waals surface area contributed by atoms with Crippen LogP contribution in [0.5, 0.6) is 0 Å². The van der Waals surface area contributed by atoms with Gasteiger partial charge in [-0.3, -0.25) is 4.79 Å². The van der Waals surface area contributed by atoms with Gasteiger partial charge in [0.2, 0.25) is 5.91 Å². The van der Waals surface area contributed by atoms with Crippen LogP contribution in [-0.2, 0) is 4.79 Å². The van der Waals surface area contributed by atoms with E-state index < -0.39 is 18.2 Å². The summed E-state index contributed by atoms with van der Waals surface area (Å²) < 4.78 is 0. The fourth-order valence-corrected chi connectivity index (χ4v) is 9.00. The topological polar surface area (TPSA) is 89.8 Å². The maximum atomic E-state index is 12.5. The molecule has 0 aliphatic heterocycles. The lowest BCUT2D eigenvalue weighted by Crippen LogP contribution is -2.46. The zero-order valence-corrected chi connectivity index (χ0v) is 40.4. The van der Waals surface area contributed by atoms with Gasteiger partial charge in [-0.2, -0.15) is 0 Å². The van der Waals surface area contributed by atoms with Gasteiger partial charge in [-0.05, 0) is 12.8 Å². The molecule has 5 heteroatoms. The van der Waals surface area contributed by atoms with Crippen molar-refractivity contribution in [2.75, 3.05) is 6.61 Å². The van der Waals surface area contributed by atoms with Crippen LogP contribution in [-0.4, -0.2) is 46.1 Å². The van der Waals surface area contributed by atoms with Crippen molar-refractivity contribution in [2.24, 2.45) is 0 Å². The molecule has 1 amide bonds. The Labute approximate surface area is 370 Å². The third kappa shape index (κ3) is 46.7. The van der Waals surface area contributed by atoms with Crippen molar-refractivity contribution in [1.82, 2.24) is 5.32 Å². The Balaban J connectivity index is 3.50. The molecule has 3 atom stereocenters. The number of aliphatic hydroxyl groups excluding tert-OH is 3. The molecule has 0 rings (SSSR count). The minimum atomic E-state index is -0.745. The number of hydrogen-bond acceptors (Lipinski definition) is 4. The fourth-order valence-electron chi connectivity index (χ4n) is 9.00. The van der Waals surface area contributed by atoms with E-state index in [4.69, 9.17) is 0 Å². The lowest BCUT2D eigenvalue weighted by molar-refractivity contribution is -0.125. The maximum absolute atomic E-state index is 12.5. The molecule has 0 heterocycles. The number of nitrogens with one attached hydrogen (secondary N) is 1. The molecule has 0 fully saturated rings. The minimum Gasteiger partial charge on any atom is -0.394 e. The second-order valence-corrected chi connectivity index (χ2v) is 19.2. The summed E-state index contributed by atoms with van der Waals surface area (Å²) in [6, 6.07) is -0.654. The third-order valence-electron chi connectivity index (χ3n) is 13.2. The molecule has 0 spiro atoms. The molecule has 3 unspecified atom stereocenters. The summed E-state index contributed by atoms with van der Waals surface area (Å²) >= 11 is 0. The van der Waals surface area contributed by atoms with Crippen molar-refractivity contribution in [3.8, 4) is 0 Å². The lowest BCUT2D eigenvalue weighted by Gasteiger charge is -2.23. The van der Waals surface area contributed by atoms with E-state index in [0.29, 0.717) is 12.8 Å². The third-order valence-corrected chi connectivity index (χ3v) is 13.2. The van der Waals surface area contributed by atoms with E-state index in [1.165, 1.54) is 257 Å². The fraction of sp³-hybridized carbons (Fsp3) is 0.981. The summed E-state index contributed by atoms with van der Waals surface area (Å²) in [5.74, 6) is -0.275. The van der Waals surface area contributed by atoms with Gasteiger partial charge in [0.05, 0.1) is 31.3 Å². The summed E-state index contributed by atoms with van der Waals surface area (Å²) in [5, 5.41) is 33.6. The van der Waals surface area contributed by atoms with E-state index in [1.54, 1.807) is 0 Å². The molecule has 59 heavy (non-hydrogen) atoms. The number of carbonyl (C=O) groups is 1. The standard InChI is InChI=1S/C54H109NO4/c1-3-5-7-9-11-13-15-17-19-21-23-24-25-26-27-28-30-32-34-36-38-40-42-44-46-48-53(58)52(50-56)55-54(59)49-51(57)47-45-43-41-39-37-35-33-31-29-22-20-18-16-14-12-10-8-6-4-2/h51-53,56-58H,3-50H2,1-2H3,(H,55,59). The minimum absolute atomic E-state index is 0.0434. The molecule has 0 saturated heterocycles. The average Bonchev–Trinajstić information content (AvgIpc) is 3.23. The number of amides is 1. The molecule has 354 valence electrons. The van der Waals surface area contributed by atoms with Crippen LogP contribution < -0.4 is 5.32 Å². The van der Waals surface area contributed by atoms with Crippen LogP contribution in [0.25, 0.3) is 0 Å². The van der Waals surface area contributed by atoms with E-state index in [1.807, 2.05) is 0 Å². The van der Waals surface area contributed by atoms with Crippen molar-refractivity contribution >= 4 is 5.91 Å². The number of aliphatic hydroxyl groups is 3. The molecule has 0 aromatic heterocycles. The first-order valence-electron chi connectivity index (χ1n) is 27.3. The Bertz CT molecular complexity index is 792. The summed E-state index contributed by atoms with van der Waals surface area (Å²) in [6.07, 6.45) is 59.7. The molecule has 0 aliphatic carbocycles. The first kappa shape index (κ1) is 58.4. The highest BCUT2D eigenvalue weighted by Crippen LogP contribution is 2.18. The lowest BCUT2D eigenvalue weighted by atomic mass is 10.0. The molecule has 4 N–H and O–H groups in total. The van der Waals surface area contributed by atoms with Crippen LogP contribution in [0.1, 0.15) is 316 Å². The molecular formula is C54H109NO4. The number of carbonyl (C=O) groups excluding carboxylic acids is 1. The quantitative estimate of drug-likeness (QED) is 0.0460. The second-order valence-electron chi connectivity index (χ2n) is 19.2. The van der Waals surface area contributed by atoms with Crippen LogP contribution in [0.15, 0.2) is 0 Å². The van der Waals surface area contributed by atoms with Gasteiger partial charge < -0.3 is 20.6 Å². The van der Waals surface area contributed by atoms with Crippen molar-refractivity contribution in [2.45, 2.75) is 334 Å². The summed E-state index contributed by atoms with van der Waals surface area (Å²) in [7, 11) is 0. The van der Waals surface area contributed by atoms with Gasteiger partial charge in [0.15, 0.2) is 0 Å². The van der Waals surface area contributed by atoms with Crippen molar-refractivity contribution in [3.63, 3.8) is 0 Å². The first-order valence-corrected chi connectivity index (χ1v) is 27.3. The first-order chi connectivity index (χ1) is 29.0. The Morgan fingerprint density at radius 3 is 0.814 bits per heavy atom. The number of rotatable bonds is 51. The molecule has 0 aromatic rings. The smallest absolute Gasteiger partial charge is 0.222 e. The largest absolute Gasteiger partial charge is 0.394 e. The maximum Gasteiger partial charge on any atom is 0.222 e. The normalized spacial score (nSPS) is 13.2. The molecule has 0 radical (unpaired) electrons. The van der Waals surface area contributed by atoms with E-state index in [0.717, 1.165) is 25.7 Å². The zero-order chi connectivity index (χ0) is 43.0. The number of unbranched alkanes of at least 4 members (excludes halogenated alkanes) is 42. The summed E-state index contributed by atoms with van der Waals surface area (Å²) in [5.41, 5.74) is 0. The van der Waals surface area contributed by atoms with Gasteiger partial charge in [-0.1, -0.05) is 296 Å². The van der Waals surface area contributed by atoms with Crippen LogP contribution in [0.3, 0.4) is 0 Å². The zero-order valence-electron chi connectivity index (χ0n) is 40.4. The Morgan fingerprint density at radius 2 is 0.576 bits per heavy atom. The highest BCUT2D eigenvalue weighted by molar-refractivity contribution is 5.76. The van der Waals surface area contributed by atoms with Gasteiger partial charge in [0.25, 0.3) is 0 Å². The average molecular weight is 836 g/mol. The Kier molecular flexibility index (Phi) is 49.4. The molecular weight excluding hydrogens is 727 g/mol. The molecule has 0 aromatic carbocycles. The van der Waals surface area contributed by atoms with Crippen LogP contribution >= 0.6 is 0 Å².